The van der Waals surface area contributed by atoms with E-state index < -0.39 is 12.0 Å². The topological polar surface area (TPSA) is 78.9 Å². The molecule has 6 nitrogen and oxygen atoms in total. The second-order valence-electron chi connectivity index (χ2n) is 5.88. The largest absolute Gasteiger partial charge is 0.480 e. The maximum atomic E-state index is 12.3. The van der Waals surface area contributed by atoms with E-state index in [1.807, 2.05) is 13.8 Å². The Balaban J connectivity index is 1.88. The molecule has 21 heavy (non-hydrogen) atoms. The molecule has 0 bridgehead atoms. The van der Waals surface area contributed by atoms with Gasteiger partial charge in [0.2, 0.25) is 0 Å². The summed E-state index contributed by atoms with van der Waals surface area (Å²) in [7, 11) is 0. The summed E-state index contributed by atoms with van der Waals surface area (Å²) < 4.78 is 5.52. The summed E-state index contributed by atoms with van der Waals surface area (Å²) in [6.07, 6.45) is 3.14. The number of urea groups is 1. The highest BCUT2D eigenvalue weighted by molar-refractivity contribution is 8.00. The summed E-state index contributed by atoms with van der Waals surface area (Å²) in [4.78, 5) is 25.2. The van der Waals surface area contributed by atoms with Crippen LogP contribution in [0.1, 0.15) is 33.1 Å². The molecule has 3 unspecified atom stereocenters. The standard InChI is InChI=1S/C14H24N2O4S/c1-9(2)12-16(11(8-21-12)13(17)18)14(19)15-6-5-10-4-3-7-20-10/h9-12H,3-8H2,1-2H3,(H,15,19)(H,17,18). The Labute approximate surface area is 129 Å². The molecule has 0 aromatic heterocycles. The van der Waals surface area contributed by atoms with Gasteiger partial charge in [-0.2, -0.15) is 0 Å². The highest BCUT2D eigenvalue weighted by Crippen LogP contribution is 2.34. The predicted molar refractivity (Wildman–Crippen MR) is 81.3 cm³/mol. The first kappa shape index (κ1) is 16.4. The van der Waals surface area contributed by atoms with Gasteiger partial charge in [0.1, 0.15) is 6.04 Å². The molecule has 2 aliphatic heterocycles. The van der Waals surface area contributed by atoms with E-state index in [4.69, 9.17) is 4.74 Å². The zero-order chi connectivity index (χ0) is 15.4. The van der Waals surface area contributed by atoms with Gasteiger partial charge in [0, 0.05) is 18.9 Å². The lowest BCUT2D eigenvalue weighted by atomic mass is 10.1. The number of carboxylic acids is 1. The number of ether oxygens (including phenoxy) is 1. The fourth-order valence-electron chi connectivity index (χ4n) is 2.79. The molecule has 0 aromatic carbocycles. The summed E-state index contributed by atoms with van der Waals surface area (Å²) in [5.74, 6) is -0.250. The molecule has 2 N–H and O–H groups in total. The lowest BCUT2D eigenvalue weighted by molar-refractivity contribution is -0.141. The number of rotatable bonds is 5. The molecular formula is C14H24N2O4S. The molecule has 2 rings (SSSR count). The van der Waals surface area contributed by atoms with E-state index in [-0.39, 0.29) is 23.4 Å². The fraction of sp³-hybridized carbons (Fsp3) is 0.857. The Morgan fingerprint density at radius 2 is 2.24 bits per heavy atom. The number of amides is 2. The number of aliphatic carboxylic acids is 1. The van der Waals surface area contributed by atoms with Gasteiger partial charge in [0.05, 0.1) is 11.5 Å². The van der Waals surface area contributed by atoms with Crippen LogP contribution in [0.15, 0.2) is 0 Å². The van der Waals surface area contributed by atoms with E-state index in [1.54, 1.807) is 11.8 Å². The van der Waals surface area contributed by atoms with Crippen molar-refractivity contribution in [3.05, 3.63) is 0 Å². The van der Waals surface area contributed by atoms with E-state index in [9.17, 15) is 14.7 Å². The lowest BCUT2D eigenvalue weighted by Gasteiger charge is -2.29. The number of hydrogen-bond acceptors (Lipinski definition) is 4. The van der Waals surface area contributed by atoms with Crippen molar-refractivity contribution in [2.45, 2.75) is 50.6 Å². The zero-order valence-corrected chi connectivity index (χ0v) is 13.4. The maximum absolute atomic E-state index is 12.3. The summed E-state index contributed by atoms with van der Waals surface area (Å²) >= 11 is 1.54. The first-order valence-corrected chi connectivity index (χ1v) is 8.57. The van der Waals surface area contributed by atoms with Crippen molar-refractivity contribution in [2.75, 3.05) is 18.9 Å². The van der Waals surface area contributed by atoms with Crippen LogP contribution < -0.4 is 5.32 Å². The molecule has 7 heteroatoms. The smallest absolute Gasteiger partial charge is 0.327 e. The molecule has 3 atom stereocenters. The Kier molecular flexibility index (Phi) is 5.75. The van der Waals surface area contributed by atoms with Gasteiger partial charge in [0.25, 0.3) is 0 Å². The molecule has 2 heterocycles. The second kappa shape index (κ2) is 7.35. The normalized spacial score (nSPS) is 29.1. The number of carboxylic acid groups (broad SMARTS) is 1. The first-order valence-electron chi connectivity index (χ1n) is 7.53. The molecule has 2 amide bonds. The zero-order valence-electron chi connectivity index (χ0n) is 12.6. The summed E-state index contributed by atoms with van der Waals surface area (Å²) in [5.41, 5.74) is 0. The van der Waals surface area contributed by atoms with Crippen LogP contribution in [-0.2, 0) is 9.53 Å². The molecule has 0 spiro atoms. The van der Waals surface area contributed by atoms with Crippen molar-refractivity contribution < 1.29 is 19.4 Å². The minimum Gasteiger partial charge on any atom is -0.480 e. The van der Waals surface area contributed by atoms with E-state index in [0.717, 1.165) is 25.9 Å². The monoisotopic (exact) mass is 316 g/mol. The van der Waals surface area contributed by atoms with Crippen molar-refractivity contribution >= 4 is 23.8 Å². The Morgan fingerprint density at radius 3 is 2.81 bits per heavy atom. The van der Waals surface area contributed by atoms with Crippen LogP contribution in [0, 0.1) is 5.92 Å². The molecule has 2 fully saturated rings. The maximum Gasteiger partial charge on any atom is 0.327 e. The third-order valence-electron chi connectivity index (χ3n) is 3.89. The molecule has 2 saturated heterocycles. The number of nitrogens with one attached hydrogen (secondary N) is 1. The molecule has 0 aliphatic carbocycles. The molecule has 0 saturated carbocycles. The van der Waals surface area contributed by atoms with Crippen LogP contribution in [-0.4, -0.2) is 58.4 Å². The highest BCUT2D eigenvalue weighted by Gasteiger charge is 2.42. The van der Waals surface area contributed by atoms with Gasteiger partial charge >= 0.3 is 12.0 Å². The van der Waals surface area contributed by atoms with Crippen LogP contribution >= 0.6 is 11.8 Å². The lowest BCUT2D eigenvalue weighted by Crippen LogP contribution is -2.51. The summed E-state index contributed by atoms with van der Waals surface area (Å²) in [5, 5.41) is 12.1. The van der Waals surface area contributed by atoms with Crippen molar-refractivity contribution in [3.63, 3.8) is 0 Å². The minimum absolute atomic E-state index is 0.0752. The fourth-order valence-corrected chi connectivity index (χ4v) is 4.26. The first-order chi connectivity index (χ1) is 10.0. The van der Waals surface area contributed by atoms with Gasteiger partial charge in [-0.15, -0.1) is 11.8 Å². The van der Waals surface area contributed by atoms with Crippen molar-refractivity contribution in [3.8, 4) is 0 Å². The Morgan fingerprint density at radius 1 is 1.48 bits per heavy atom. The van der Waals surface area contributed by atoms with Gasteiger partial charge in [-0.25, -0.2) is 9.59 Å². The number of hydrogen-bond donors (Lipinski definition) is 2. The minimum atomic E-state index is -0.931. The molecular weight excluding hydrogens is 292 g/mol. The van der Waals surface area contributed by atoms with Crippen LogP contribution in [0.5, 0.6) is 0 Å². The average molecular weight is 316 g/mol. The molecule has 2 aliphatic rings. The number of carbonyl (C=O) groups is 2. The van der Waals surface area contributed by atoms with Crippen LogP contribution in [0.4, 0.5) is 4.79 Å². The van der Waals surface area contributed by atoms with Gasteiger partial charge in [0.15, 0.2) is 0 Å². The van der Waals surface area contributed by atoms with Crippen LogP contribution in [0.2, 0.25) is 0 Å². The van der Waals surface area contributed by atoms with E-state index in [2.05, 4.69) is 5.32 Å². The van der Waals surface area contributed by atoms with Crippen molar-refractivity contribution in [1.29, 1.82) is 0 Å². The van der Waals surface area contributed by atoms with E-state index >= 15 is 0 Å². The third-order valence-corrected chi connectivity index (χ3v) is 5.51. The van der Waals surface area contributed by atoms with Gasteiger partial charge in [-0.1, -0.05) is 13.8 Å². The number of nitrogens with zero attached hydrogens (tertiary/aromatic N) is 1. The second-order valence-corrected chi connectivity index (χ2v) is 7.03. The van der Waals surface area contributed by atoms with Gasteiger partial charge < -0.3 is 15.2 Å². The predicted octanol–water partition coefficient (Wildman–Crippen LogP) is 1.75. The van der Waals surface area contributed by atoms with Gasteiger partial charge in [-0.05, 0) is 25.2 Å². The van der Waals surface area contributed by atoms with Crippen molar-refractivity contribution in [2.24, 2.45) is 5.92 Å². The van der Waals surface area contributed by atoms with Crippen LogP contribution in [0.3, 0.4) is 0 Å². The molecule has 0 radical (unpaired) electrons. The third kappa shape index (κ3) is 4.03. The highest BCUT2D eigenvalue weighted by atomic mass is 32.2. The van der Waals surface area contributed by atoms with Gasteiger partial charge in [-0.3, -0.25) is 4.90 Å². The molecule has 120 valence electrons. The number of thioether (sulfide) groups is 1. The SMILES string of the molecule is CC(C)C1SCC(C(=O)O)N1C(=O)NCCC1CCCO1. The van der Waals surface area contributed by atoms with Crippen molar-refractivity contribution in [1.82, 2.24) is 10.2 Å². The van der Waals surface area contributed by atoms with E-state index in [1.165, 1.54) is 4.90 Å². The summed E-state index contributed by atoms with van der Waals surface area (Å²) in [6, 6.07) is -1.01. The van der Waals surface area contributed by atoms with Crippen LogP contribution in [0.25, 0.3) is 0 Å². The summed E-state index contributed by atoms with van der Waals surface area (Å²) in [6.45, 7) is 5.35. The van der Waals surface area contributed by atoms with E-state index in [0.29, 0.717) is 12.3 Å². The Hall–Kier alpha value is -0.950. The molecule has 0 aromatic rings. The Bertz CT molecular complexity index is 385. The number of carbonyl (C=O) groups excluding carboxylic acids is 1. The quantitative estimate of drug-likeness (QED) is 0.808. The average Bonchev–Trinajstić information content (AvgIpc) is 3.07.